The van der Waals surface area contributed by atoms with Crippen LogP contribution in [0.5, 0.6) is 0 Å². The second kappa shape index (κ2) is 7.64. The number of piperidine rings is 1. The van der Waals surface area contributed by atoms with Crippen LogP contribution in [-0.2, 0) is 17.8 Å². The Morgan fingerprint density at radius 2 is 1.74 bits per heavy atom. The Morgan fingerprint density at radius 1 is 1.00 bits per heavy atom. The van der Waals surface area contributed by atoms with Crippen molar-refractivity contribution in [3.05, 3.63) is 52.0 Å². The summed E-state index contributed by atoms with van der Waals surface area (Å²) in [6.07, 6.45) is 6.66. The Bertz CT molecular complexity index is 872. The molecule has 2 aliphatic rings. The molecule has 5 nitrogen and oxygen atoms in total. The number of halogens is 2. The lowest BCUT2D eigenvalue weighted by Crippen LogP contribution is -2.44. The molecule has 0 saturated carbocycles. The van der Waals surface area contributed by atoms with Crippen LogP contribution in [0, 0.1) is 11.8 Å². The number of hydrogen-bond acceptors (Lipinski definition) is 3. The van der Waals surface area contributed by atoms with Gasteiger partial charge in [0.2, 0.25) is 5.91 Å². The quantitative estimate of drug-likeness (QED) is 0.728. The number of nitrogens with zero attached hydrogens (tertiary/aromatic N) is 3. The van der Waals surface area contributed by atoms with E-state index in [1.54, 1.807) is 18.2 Å². The lowest BCUT2D eigenvalue weighted by atomic mass is 9.87. The number of fused-ring (bicyclic) bond motifs is 1. The molecule has 1 atom stereocenters. The number of aryl methyl sites for hydroxylation is 1. The van der Waals surface area contributed by atoms with E-state index in [-0.39, 0.29) is 23.5 Å². The van der Waals surface area contributed by atoms with E-state index in [1.165, 1.54) is 0 Å². The zero-order chi connectivity index (χ0) is 19.0. The van der Waals surface area contributed by atoms with Gasteiger partial charge >= 0.3 is 0 Å². The van der Waals surface area contributed by atoms with E-state index in [0.29, 0.717) is 41.5 Å². The molecule has 2 aliphatic heterocycles. The standard InChI is InChI=1S/C20H21Cl2N3O2/c21-17-2-1-14(10-18(17)22)19(26)13-3-6-24(7-4-13)20(27)15-5-8-25-12-23-11-16(25)9-15/h1-2,10-13,15H,3-9H2/t15-/m0/s1. The van der Waals surface area contributed by atoms with Crippen LogP contribution in [0.4, 0.5) is 0 Å². The van der Waals surface area contributed by atoms with E-state index in [4.69, 9.17) is 23.2 Å². The molecule has 0 N–H and O–H groups in total. The smallest absolute Gasteiger partial charge is 0.226 e. The number of amides is 1. The summed E-state index contributed by atoms with van der Waals surface area (Å²) in [7, 11) is 0. The Balaban J connectivity index is 1.35. The zero-order valence-electron chi connectivity index (χ0n) is 14.9. The topological polar surface area (TPSA) is 55.2 Å². The molecule has 0 radical (unpaired) electrons. The lowest BCUT2D eigenvalue weighted by Gasteiger charge is -2.35. The average Bonchev–Trinajstić information content (AvgIpc) is 3.17. The number of Topliss-reactive ketones (excluding diaryl/α,β-unsaturated/α-hetero) is 1. The van der Waals surface area contributed by atoms with Crippen LogP contribution in [0.25, 0.3) is 0 Å². The Kier molecular flexibility index (Phi) is 5.24. The second-order valence-corrected chi connectivity index (χ2v) is 8.18. The summed E-state index contributed by atoms with van der Waals surface area (Å²) >= 11 is 12.0. The minimum Gasteiger partial charge on any atom is -0.342 e. The van der Waals surface area contributed by atoms with Gasteiger partial charge in [-0.2, -0.15) is 0 Å². The summed E-state index contributed by atoms with van der Waals surface area (Å²) in [6, 6.07) is 5.01. The molecule has 1 amide bonds. The van der Waals surface area contributed by atoms with Crippen molar-refractivity contribution in [2.45, 2.75) is 32.2 Å². The number of carbonyl (C=O) groups is 2. The van der Waals surface area contributed by atoms with E-state index in [1.807, 2.05) is 17.4 Å². The van der Waals surface area contributed by atoms with Gasteiger partial charge in [-0.15, -0.1) is 0 Å². The molecule has 0 bridgehead atoms. The highest BCUT2D eigenvalue weighted by molar-refractivity contribution is 6.42. The molecule has 7 heteroatoms. The van der Waals surface area contributed by atoms with Crippen LogP contribution < -0.4 is 0 Å². The van der Waals surface area contributed by atoms with Crippen molar-refractivity contribution in [2.75, 3.05) is 13.1 Å². The van der Waals surface area contributed by atoms with Gasteiger partial charge in [-0.3, -0.25) is 9.59 Å². The van der Waals surface area contributed by atoms with Crippen molar-refractivity contribution in [3.63, 3.8) is 0 Å². The fourth-order valence-corrected chi connectivity index (χ4v) is 4.38. The molecule has 1 aromatic carbocycles. The molecule has 0 spiro atoms. The number of benzene rings is 1. The Morgan fingerprint density at radius 3 is 2.48 bits per heavy atom. The SMILES string of the molecule is O=C(c1ccc(Cl)c(Cl)c1)C1CCN(C(=O)[C@H]2CCn3cncc3C2)CC1. The molecule has 0 unspecified atom stereocenters. The first-order valence-corrected chi connectivity index (χ1v) is 10.1. The lowest BCUT2D eigenvalue weighted by molar-refractivity contribution is -0.137. The summed E-state index contributed by atoms with van der Waals surface area (Å²) in [5, 5.41) is 0.842. The van der Waals surface area contributed by atoms with Crippen LogP contribution in [0.2, 0.25) is 10.0 Å². The fourth-order valence-electron chi connectivity index (χ4n) is 4.09. The van der Waals surface area contributed by atoms with E-state index >= 15 is 0 Å². The van der Waals surface area contributed by atoms with Crippen molar-refractivity contribution in [1.29, 1.82) is 0 Å². The molecule has 3 heterocycles. The zero-order valence-corrected chi connectivity index (χ0v) is 16.4. The molecule has 142 valence electrons. The third-order valence-corrected chi connectivity index (χ3v) is 6.44. The van der Waals surface area contributed by atoms with Crippen LogP contribution in [0.1, 0.15) is 35.3 Å². The molecule has 0 aliphatic carbocycles. The van der Waals surface area contributed by atoms with Gasteiger partial charge < -0.3 is 9.47 Å². The minimum atomic E-state index is -0.0703. The van der Waals surface area contributed by atoms with Crippen molar-refractivity contribution in [1.82, 2.24) is 14.5 Å². The third kappa shape index (κ3) is 3.76. The van der Waals surface area contributed by atoms with Gasteiger partial charge in [0.1, 0.15) is 0 Å². The minimum absolute atomic E-state index is 0.0246. The second-order valence-electron chi connectivity index (χ2n) is 7.36. The number of carbonyl (C=O) groups excluding carboxylic acids is 2. The Hall–Kier alpha value is -1.85. The molecule has 1 aromatic heterocycles. The highest BCUT2D eigenvalue weighted by Gasteiger charge is 2.33. The third-order valence-electron chi connectivity index (χ3n) is 5.70. The van der Waals surface area contributed by atoms with E-state index < -0.39 is 0 Å². The monoisotopic (exact) mass is 405 g/mol. The summed E-state index contributed by atoms with van der Waals surface area (Å²) in [6.45, 7) is 2.11. The maximum atomic E-state index is 12.9. The van der Waals surface area contributed by atoms with Crippen molar-refractivity contribution >= 4 is 34.9 Å². The highest BCUT2D eigenvalue weighted by atomic mass is 35.5. The molecule has 4 rings (SSSR count). The van der Waals surface area contributed by atoms with Crippen molar-refractivity contribution in [3.8, 4) is 0 Å². The van der Waals surface area contributed by atoms with Crippen molar-refractivity contribution in [2.24, 2.45) is 11.8 Å². The molecule has 2 aromatic rings. The van der Waals surface area contributed by atoms with Crippen LogP contribution >= 0.6 is 23.2 Å². The fraction of sp³-hybridized carbons (Fsp3) is 0.450. The van der Waals surface area contributed by atoms with E-state index in [9.17, 15) is 9.59 Å². The summed E-state index contributed by atoms with van der Waals surface area (Å²) in [5.41, 5.74) is 1.72. The van der Waals surface area contributed by atoms with Crippen LogP contribution in [0.3, 0.4) is 0 Å². The predicted octanol–water partition coefficient (Wildman–Crippen LogP) is 3.87. The van der Waals surface area contributed by atoms with Gasteiger partial charge in [0.05, 0.1) is 16.4 Å². The van der Waals surface area contributed by atoms with E-state index in [0.717, 1.165) is 25.1 Å². The Labute approximate surface area is 168 Å². The number of imidazole rings is 1. The average molecular weight is 406 g/mol. The number of hydrogen-bond donors (Lipinski definition) is 0. The van der Waals surface area contributed by atoms with Gasteiger partial charge in [-0.25, -0.2) is 4.98 Å². The molecule has 1 saturated heterocycles. The predicted molar refractivity (Wildman–Crippen MR) is 104 cm³/mol. The van der Waals surface area contributed by atoms with Crippen LogP contribution in [-0.4, -0.2) is 39.2 Å². The van der Waals surface area contributed by atoms with E-state index in [2.05, 4.69) is 9.55 Å². The first-order valence-electron chi connectivity index (χ1n) is 9.30. The highest BCUT2D eigenvalue weighted by Crippen LogP contribution is 2.28. The largest absolute Gasteiger partial charge is 0.342 e. The van der Waals surface area contributed by atoms with Gasteiger partial charge in [0.15, 0.2) is 5.78 Å². The first-order chi connectivity index (χ1) is 13.0. The number of likely N-dealkylation sites (tertiary alicyclic amines) is 1. The summed E-state index contributed by atoms with van der Waals surface area (Å²) in [5.74, 6) is 0.251. The molecular formula is C20H21Cl2N3O2. The van der Waals surface area contributed by atoms with Gasteiger partial charge in [-0.1, -0.05) is 23.2 Å². The maximum Gasteiger partial charge on any atom is 0.226 e. The molecular weight excluding hydrogens is 385 g/mol. The number of ketones is 1. The van der Waals surface area contributed by atoms with Crippen molar-refractivity contribution < 1.29 is 9.59 Å². The summed E-state index contributed by atoms with van der Waals surface area (Å²) < 4.78 is 2.12. The molecule has 1 fully saturated rings. The van der Waals surface area contributed by atoms with Gasteiger partial charge in [0.25, 0.3) is 0 Å². The number of rotatable bonds is 3. The molecule has 27 heavy (non-hydrogen) atoms. The van der Waals surface area contributed by atoms with Crippen LogP contribution in [0.15, 0.2) is 30.7 Å². The maximum absolute atomic E-state index is 12.9. The first kappa shape index (κ1) is 18.5. The van der Waals surface area contributed by atoms with Gasteiger partial charge in [-0.05, 0) is 37.5 Å². The normalized spacial score (nSPS) is 20.4. The summed E-state index contributed by atoms with van der Waals surface area (Å²) in [4.78, 5) is 31.7. The number of aromatic nitrogens is 2. The van der Waals surface area contributed by atoms with Gasteiger partial charge in [0, 0.05) is 55.3 Å².